The van der Waals surface area contributed by atoms with Crippen LogP contribution in [0.2, 0.25) is 0 Å². The van der Waals surface area contributed by atoms with Crippen LogP contribution in [0.15, 0.2) is 18.2 Å². The van der Waals surface area contributed by atoms with Crippen molar-refractivity contribution in [1.29, 1.82) is 0 Å². The van der Waals surface area contributed by atoms with Crippen molar-refractivity contribution in [2.24, 2.45) is 5.92 Å². The summed E-state index contributed by atoms with van der Waals surface area (Å²) in [4.78, 5) is 14.4. The van der Waals surface area contributed by atoms with Gasteiger partial charge in [-0.2, -0.15) is 0 Å². The summed E-state index contributed by atoms with van der Waals surface area (Å²) in [6.07, 6.45) is 6.90. The third-order valence-electron chi connectivity index (χ3n) is 4.94. The quantitative estimate of drug-likeness (QED) is 0.926. The summed E-state index contributed by atoms with van der Waals surface area (Å²) in [6, 6.07) is 4.01. The highest BCUT2D eigenvalue weighted by Gasteiger charge is 2.35. The van der Waals surface area contributed by atoms with E-state index in [0.717, 1.165) is 19.4 Å². The summed E-state index contributed by atoms with van der Waals surface area (Å²) in [5.74, 6) is -0.778. The van der Waals surface area contributed by atoms with Crippen LogP contribution >= 0.6 is 0 Å². The number of piperidine rings is 1. The molecule has 120 valence electrons. The fourth-order valence-electron chi connectivity index (χ4n) is 3.87. The number of nitrogens with zero attached hydrogens (tertiary/aromatic N) is 1. The number of para-hydroxylation sites is 1. The van der Waals surface area contributed by atoms with Crippen LogP contribution in [0, 0.1) is 17.6 Å². The SMILES string of the molecule is O=C(CNc1c(F)cccc1F)N1CCCC2CCCCC21. The second-order valence-corrected chi connectivity index (χ2v) is 6.29. The smallest absolute Gasteiger partial charge is 0.242 e. The second kappa shape index (κ2) is 6.63. The van der Waals surface area contributed by atoms with Gasteiger partial charge in [0, 0.05) is 12.6 Å². The number of amides is 1. The molecule has 3 rings (SSSR count). The number of hydrogen-bond donors (Lipinski definition) is 1. The Morgan fingerprint density at radius 3 is 2.59 bits per heavy atom. The van der Waals surface area contributed by atoms with E-state index in [0.29, 0.717) is 12.0 Å². The number of likely N-dealkylation sites (tertiary alicyclic amines) is 1. The summed E-state index contributed by atoms with van der Waals surface area (Å²) in [6.45, 7) is 0.711. The van der Waals surface area contributed by atoms with E-state index < -0.39 is 11.6 Å². The highest BCUT2D eigenvalue weighted by molar-refractivity contribution is 5.81. The lowest BCUT2D eigenvalue weighted by Gasteiger charge is -2.44. The molecule has 0 aromatic heterocycles. The molecule has 0 spiro atoms. The minimum atomic E-state index is -0.665. The van der Waals surface area contributed by atoms with Gasteiger partial charge in [-0.05, 0) is 43.7 Å². The number of carbonyl (C=O) groups is 1. The average Bonchev–Trinajstić information content (AvgIpc) is 2.53. The van der Waals surface area contributed by atoms with Crippen molar-refractivity contribution < 1.29 is 13.6 Å². The molecule has 1 heterocycles. The van der Waals surface area contributed by atoms with E-state index in [9.17, 15) is 13.6 Å². The van der Waals surface area contributed by atoms with Crippen LogP contribution in [-0.4, -0.2) is 29.9 Å². The molecular weight excluding hydrogens is 286 g/mol. The van der Waals surface area contributed by atoms with Crippen LogP contribution < -0.4 is 5.32 Å². The molecule has 1 aromatic rings. The lowest BCUT2D eigenvalue weighted by atomic mass is 9.78. The van der Waals surface area contributed by atoms with Gasteiger partial charge in [-0.25, -0.2) is 8.78 Å². The number of hydrogen-bond acceptors (Lipinski definition) is 2. The predicted octanol–water partition coefficient (Wildman–Crippen LogP) is 3.56. The lowest BCUT2D eigenvalue weighted by molar-refractivity contribution is -0.135. The number of benzene rings is 1. The summed E-state index contributed by atoms with van der Waals surface area (Å²) in [7, 11) is 0. The molecule has 0 bridgehead atoms. The molecule has 2 aliphatic rings. The first kappa shape index (κ1) is 15.3. The first-order chi connectivity index (χ1) is 10.7. The highest BCUT2D eigenvalue weighted by atomic mass is 19.1. The number of nitrogens with one attached hydrogen (secondary N) is 1. The Morgan fingerprint density at radius 1 is 1.14 bits per heavy atom. The van der Waals surface area contributed by atoms with Gasteiger partial charge in [0.25, 0.3) is 0 Å². The minimum absolute atomic E-state index is 0.0545. The van der Waals surface area contributed by atoms with Crippen LogP contribution in [0.1, 0.15) is 38.5 Å². The van der Waals surface area contributed by atoms with Crippen molar-refractivity contribution in [2.75, 3.05) is 18.4 Å². The average molecular weight is 308 g/mol. The molecule has 0 radical (unpaired) electrons. The van der Waals surface area contributed by atoms with E-state index >= 15 is 0 Å². The van der Waals surface area contributed by atoms with Crippen LogP contribution in [0.4, 0.5) is 14.5 Å². The fourth-order valence-corrected chi connectivity index (χ4v) is 3.87. The standard InChI is InChI=1S/C17H22F2N2O/c18-13-7-3-8-14(19)17(13)20-11-16(22)21-10-4-6-12-5-1-2-9-15(12)21/h3,7-8,12,15,20H,1-2,4-6,9-11H2. The molecular formula is C17H22F2N2O. The summed E-state index contributed by atoms with van der Waals surface area (Å²) >= 11 is 0. The predicted molar refractivity (Wildman–Crippen MR) is 81.5 cm³/mol. The van der Waals surface area contributed by atoms with Gasteiger partial charge in [-0.3, -0.25) is 4.79 Å². The Balaban J connectivity index is 1.64. The lowest BCUT2D eigenvalue weighted by Crippen LogP contribution is -2.51. The van der Waals surface area contributed by atoms with Gasteiger partial charge >= 0.3 is 0 Å². The Hall–Kier alpha value is -1.65. The normalized spacial score (nSPS) is 24.7. The topological polar surface area (TPSA) is 32.3 Å². The number of halogens is 2. The maximum atomic E-state index is 13.6. The van der Waals surface area contributed by atoms with Gasteiger partial charge in [-0.15, -0.1) is 0 Å². The monoisotopic (exact) mass is 308 g/mol. The molecule has 1 saturated heterocycles. The van der Waals surface area contributed by atoms with E-state index in [1.807, 2.05) is 4.90 Å². The van der Waals surface area contributed by atoms with Gasteiger partial charge in [0.05, 0.1) is 6.54 Å². The molecule has 1 N–H and O–H groups in total. The third kappa shape index (κ3) is 3.08. The number of anilines is 1. The Morgan fingerprint density at radius 2 is 1.82 bits per heavy atom. The Labute approximate surface area is 129 Å². The molecule has 2 fully saturated rings. The van der Waals surface area contributed by atoms with Gasteiger partial charge in [0.2, 0.25) is 5.91 Å². The fraction of sp³-hybridized carbons (Fsp3) is 0.588. The zero-order chi connectivity index (χ0) is 15.5. The van der Waals surface area contributed by atoms with Crippen LogP contribution in [0.25, 0.3) is 0 Å². The van der Waals surface area contributed by atoms with Crippen molar-refractivity contribution >= 4 is 11.6 Å². The maximum absolute atomic E-state index is 13.6. The Kier molecular flexibility index (Phi) is 4.60. The number of fused-ring (bicyclic) bond motifs is 1. The molecule has 1 saturated carbocycles. The Bertz CT molecular complexity index is 527. The molecule has 2 atom stereocenters. The van der Waals surface area contributed by atoms with E-state index in [4.69, 9.17) is 0 Å². The van der Waals surface area contributed by atoms with Crippen LogP contribution in [-0.2, 0) is 4.79 Å². The summed E-state index contributed by atoms with van der Waals surface area (Å²) in [5.41, 5.74) is -0.215. The third-order valence-corrected chi connectivity index (χ3v) is 4.94. The van der Waals surface area contributed by atoms with Gasteiger partial charge in [0.15, 0.2) is 0 Å². The van der Waals surface area contributed by atoms with E-state index in [1.165, 1.54) is 43.9 Å². The van der Waals surface area contributed by atoms with Crippen molar-refractivity contribution in [3.05, 3.63) is 29.8 Å². The van der Waals surface area contributed by atoms with Crippen LogP contribution in [0.5, 0.6) is 0 Å². The first-order valence-electron chi connectivity index (χ1n) is 8.14. The molecule has 22 heavy (non-hydrogen) atoms. The van der Waals surface area contributed by atoms with E-state index in [1.54, 1.807) is 0 Å². The molecule has 3 nitrogen and oxygen atoms in total. The second-order valence-electron chi connectivity index (χ2n) is 6.29. The molecule has 2 unspecified atom stereocenters. The molecule has 1 aliphatic carbocycles. The molecule has 1 aliphatic heterocycles. The van der Waals surface area contributed by atoms with Crippen molar-refractivity contribution in [2.45, 2.75) is 44.6 Å². The van der Waals surface area contributed by atoms with Gasteiger partial charge < -0.3 is 10.2 Å². The van der Waals surface area contributed by atoms with Crippen molar-refractivity contribution in [1.82, 2.24) is 4.90 Å². The molecule has 5 heteroatoms. The minimum Gasteiger partial charge on any atom is -0.371 e. The maximum Gasteiger partial charge on any atom is 0.242 e. The van der Waals surface area contributed by atoms with E-state index in [-0.39, 0.29) is 18.1 Å². The molecule has 1 amide bonds. The van der Waals surface area contributed by atoms with Gasteiger partial charge in [0.1, 0.15) is 17.3 Å². The number of carbonyl (C=O) groups excluding carboxylic acids is 1. The summed E-state index contributed by atoms with van der Waals surface area (Å²) in [5, 5.41) is 2.63. The first-order valence-corrected chi connectivity index (χ1v) is 8.14. The van der Waals surface area contributed by atoms with Crippen molar-refractivity contribution in [3.63, 3.8) is 0 Å². The van der Waals surface area contributed by atoms with Gasteiger partial charge in [-0.1, -0.05) is 18.9 Å². The number of rotatable bonds is 3. The highest BCUT2D eigenvalue weighted by Crippen LogP contribution is 2.35. The molecule has 1 aromatic carbocycles. The zero-order valence-electron chi connectivity index (χ0n) is 12.7. The van der Waals surface area contributed by atoms with Crippen molar-refractivity contribution in [3.8, 4) is 0 Å². The largest absolute Gasteiger partial charge is 0.371 e. The summed E-state index contributed by atoms with van der Waals surface area (Å²) < 4.78 is 27.2. The zero-order valence-corrected chi connectivity index (χ0v) is 12.7. The van der Waals surface area contributed by atoms with Crippen LogP contribution in [0.3, 0.4) is 0 Å². The van der Waals surface area contributed by atoms with E-state index in [2.05, 4.69) is 5.32 Å².